The Kier molecular flexibility index (Phi) is 5.48. The third kappa shape index (κ3) is 4.23. The summed E-state index contributed by atoms with van der Waals surface area (Å²) in [7, 11) is 0. The topological polar surface area (TPSA) is 68.6 Å². The fraction of sp³-hybridized carbons (Fsp3) is 0.565. The molecule has 3 aliphatic rings. The Morgan fingerprint density at radius 1 is 1.30 bits per heavy atom. The summed E-state index contributed by atoms with van der Waals surface area (Å²) in [5, 5.41) is 7.65. The maximum Gasteiger partial charge on any atom is 0.272 e. The molecule has 0 saturated heterocycles. The number of ether oxygens (including phenoxy) is 2. The van der Waals surface area contributed by atoms with Gasteiger partial charge < -0.3 is 14.8 Å². The minimum atomic E-state index is -0.124. The molecular weight excluding hydrogens is 380 g/mol. The number of hydrogen-bond donors (Lipinski definition) is 1. The van der Waals surface area contributed by atoms with Crippen LogP contribution in [-0.4, -0.2) is 59.0 Å². The zero-order valence-electron chi connectivity index (χ0n) is 17.6. The monoisotopic (exact) mass is 410 g/mol. The highest BCUT2D eigenvalue weighted by Gasteiger charge is 2.25. The van der Waals surface area contributed by atoms with Crippen molar-refractivity contribution in [2.75, 3.05) is 26.3 Å². The number of fused-ring (bicyclic) bond motifs is 2. The van der Waals surface area contributed by atoms with E-state index in [0.29, 0.717) is 18.4 Å². The van der Waals surface area contributed by atoms with Crippen molar-refractivity contribution in [3.63, 3.8) is 0 Å². The fourth-order valence-corrected chi connectivity index (χ4v) is 4.38. The number of carbonyl (C=O) groups is 1. The first-order valence-corrected chi connectivity index (χ1v) is 11.1. The predicted octanol–water partition coefficient (Wildman–Crippen LogP) is 2.31. The zero-order valence-corrected chi connectivity index (χ0v) is 17.6. The van der Waals surface area contributed by atoms with Crippen LogP contribution in [0, 0.1) is 6.92 Å². The predicted molar refractivity (Wildman–Crippen MR) is 113 cm³/mol. The maximum absolute atomic E-state index is 12.8. The second kappa shape index (κ2) is 8.40. The fourth-order valence-electron chi connectivity index (χ4n) is 4.38. The minimum absolute atomic E-state index is 0.0364. The molecule has 1 N–H and O–H groups in total. The summed E-state index contributed by atoms with van der Waals surface area (Å²) < 4.78 is 13.7. The summed E-state index contributed by atoms with van der Waals surface area (Å²) in [6.45, 7) is 6.84. The van der Waals surface area contributed by atoms with Gasteiger partial charge in [0.15, 0.2) is 5.69 Å². The molecule has 7 nitrogen and oxygen atoms in total. The van der Waals surface area contributed by atoms with E-state index >= 15 is 0 Å². The van der Waals surface area contributed by atoms with Gasteiger partial charge >= 0.3 is 0 Å². The van der Waals surface area contributed by atoms with Crippen LogP contribution in [0.5, 0.6) is 5.75 Å². The number of rotatable bonds is 6. The van der Waals surface area contributed by atoms with Gasteiger partial charge in [-0.05, 0) is 50.3 Å². The summed E-state index contributed by atoms with van der Waals surface area (Å²) >= 11 is 0. The summed E-state index contributed by atoms with van der Waals surface area (Å²) in [6.07, 6.45) is 4.99. The van der Waals surface area contributed by atoms with Gasteiger partial charge in [-0.25, -0.2) is 0 Å². The van der Waals surface area contributed by atoms with Gasteiger partial charge in [0.05, 0.1) is 31.0 Å². The first-order valence-electron chi connectivity index (χ1n) is 11.1. The van der Waals surface area contributed by atoms with E-state index in [1.165, 1.54) is 24.8 Å². The van der Waals surface area contributed by atoms with Crippen LogP contribution in [0.2, 0.25) is 0 Å². The van der Waals surface area contributed by atoms with Crippen LogP contribution in [0.4, 0.5) is 0 Å². The molecule has 2 aliphatic heterocycles. The standard InChI is InChI=1S/C23H30N4O3/c1-16-5-6-22-17(11-16)12-18(15-30-22)24-23(28)21-13-19-14-26(7-8-27(19)25-21)9-10-29-20-3-2-4-20/h5-6,11,13,18,20H,2-4,7-10,12,14-15H2,1H3,(H,24,28). The van der Waals surface area contributed by atoms with E-state index in [9.17, 15) is 4.79 Å². The van der Waals surface area contributed by atoms with E-state index < -0.39 is 0 Å². The van der Waals surface area contributed by atoms with Gasteiger partial charge in [-0.3, -0.25) is 14.4 Å². The Balaban J connectivity index is 1.16. The molecule has 3 heterocycles. The van der Waals surface area contributed by atoms with E-state index in [2.05, 4.69) is 34.4 Å². The van der Waals surface area contributed by atoms with Gasteiger partial charge in [0.2, 0.25) is 0 Å². The number of benzene rings is 1. The number of nitrogens with one attached hydrogen (secondary N) is 1. The van der Waals surface area contributed by atoms with Crippen LogP contribution < -0.4 is 10.1 Å². The van der Waals surface area contributed by atoms with E-state index in [-0.39, 0.29) is 11.9 Å². The SMILES string of the molecule is Cc1ccc2c(c1)CC(NC(=O)c1cc3n(n1)CCN(CCOC1CCC1)C3)CO2. The van der Waals surface area contributed by atoms with E-state index in [0.717, 1.165) is 56.2 Å². The Bertz CT molecular complexity index is 921. The molecule has 1 atom stereocenters. The summed E-state index contributed by atoms with van der Waals surface area (Å²) in [5.74, 6) is 0.798. The average molecular weight is 411 g/mol. The molecule has 1 aromatic carbocycles. The summed E-state index contributed by atoms with van der Waals surface area (Å²) in [4.78, 5) is 15.2. The van der Waals surface area contributed by atoms with Crippen molar-refractivity contribution >= 4 is 5.91 Å². The van der Waals surface area contributed by atoms with E-state index in [1.807, 2.05) is 16.8 Å². The second-order valence-corrected chi connectivity index (χ2v) is 8.74. The summed E-state index contributed by atoms with van der Waals surface area (Å²) in [6, 6.07) is 8.08. The van der Waals surface area contributed by atoms with Gasteiger partial charge in [-0.2, -0.15) is 5.10 Å². The zero-order chi connectivity index (χ0) is 20.5. The van der Waals surface area contributed by atoms with Crippen molar-refractivity contribution in [1.29, 1.82) is 0 Å². The highest BCUT2D eigenvalue weighted by molar-refractivity contribution is 5.92. The molecule has 7 heteroatoms. The van der Waals surface area contributed by atoms with Crippen LogP contribution >= 0.6 is 0 Å². The van der Waals surface area contributed by atoms with Crippen LogP contribution in [0.3, 0.4) is 0 Å². The molecular formula is C23H30N4O3. The first kappa shape index (κ1) is 19.6. The lowest BCUT2D eigenvalue weighted by Gasteiger charge is -2.30. The lowest BCUT2D eigenvalue weighted by atomic mass is 9.96. The molecule has 1 fully saturated rings. The Hall–Kier alpha value is -2.38. The third-order valence-electron chi connectivity index (χ3n) is 6.38. The summed E-state index contributed by atoms with van der Waals surface area (Å²) in [5.41, 5.74) is 3.94. The Labute approximate surface area is 177 Å². The van der Waals surface area contributed by atoms with Gasteiger partial charge in [0.25, 0.3) is 5.91 Å². The number of aryl methyl sites for hydroxylation is 1. The van der Waals surface area contributed by atoms with Crippen molar-refractivity contribution < 1.29 is 14.3 Å². The number of hydrogen-bond acceptors (Lipinski definition) is 5. The van der Waals surface area contributed by atoms with Crippen molar-refractivity contribution in [2.45, 2.75) is 57.8 Å². The van der Waals surface area contributed by atoms with Gasteiger partial charge in [-0.1, -0.05) is 17.7 Å². The molecule has 0 spiro atoms. The van der Waals surface area contributed by atoms with Gasteiger partial charge in [0.1, 0.15) is 12.4 Å². The van der Waals surface area contributed by atoms with Crippen molar-refractivity contribution in [2.24, 2.45) is 0 Å². The normalized spacial score (nSPS) is 21.3. The van der Waals surface area contributed by atoms with Gasteiger partial charge in [-0.15, -0.1) is 0 Å². The molecule has 0 radical (unpaired) electrons. The van der Waals surface area contributed by atoms with E-state index in [4.69, 9.17) is 9.47 Å². The quantitative estimate of drug-likeness (QED) is 0.792. The first-order chi connectivity index (χ1) is 14.6. The molecule has 1 amide bonds. The minimum Gasteiger partial charge on any atom is -0.491 e. The molecule has 1 saturated carbocycles. The maximum atomic E-state index is 12.8. The lowest BCUT2D eigenvalue weighted by Crippen LogP contribution is -2.42. The smallest absolute Gasteiger partial charge is 0.272 e. The lowest BCUT2D eigenvalue weighted by molar-refractivity contribution is -0.0100. The number of nitrogens with zero attached hydrogens (tertiary/aromatic N) is 3. The van der Waals surface area contributed by atoms with Crippen molar-refractivity contribution in [3.05, 3.63) is 46.8 Å². The van der Waals surface area contributed by atoms with Crippen LogP contribution in [0.15, 0.2) is 24.3 Å². The molecule has 0 bridgehead atoms. The molecule has 5 rings (SSSR count). The molecule has 30 heavy (non-hydrogen) atoms. The second-order valence-electron chi connectivity index (χ2n) is 8.74. The Morgan fingerprint density at radius 3 is 3.03 bits per heavy atom. The van der Waals surface area contributed by atoms with E-state index in [1.54, 1.807) is 0 Å². The number of aromatic nitrogens is 2. The largest absolute Gasteiger partial charge is 0.491 e. The molecule has 1 aromatic heterocycles. The molecule has 2 aromatic rings. The van der Waals surface area contributed by atoms with Gasteiger partial charge in [0, 0.05) is 19.6 Å². The molecule has 1 aliphatic carbocycles. The highest BCUT2D eigenvalue weighted by atomic mass is 16.5. The Morgan fingerprint density at radius 2 is 2.20 bits per heavy atom. The van der Waals surface area contributed by atoms with Crippen LogP contribution in [0.25, 0.3) is 0 Å². The molecule has 1 unspecified atom stereocenters. The van der Waals surface area contributed by atoms with Crippen molar-refractivity contribution in [3.8, 4) is 5.75 Å². The third-order valence-corrected chi connectivity index (χ3v) is 6.38. The van der Waals surface area contributed by atoms with Crippen molar-refractivity contribution in [1.82, 2.24) is 20.0 Å². The number of carbonyl (C=O) groups excluding carboxylic acids is 1. The number of amides is 1. The highest BCUT2D eigenvalue weighted by Crippen LogP contribution is 2.26. The van der Waals surface area contributed by atoms with Crippen LogP contribution in [-0.2, 0) is 24.2 Å². The average Bonchev–Trinajstić information content (AvgIpc) is 3.13. The molecule has 160 valence electrons. The van der Waals surface area contributed by atoms with Crippen LogP contribution in [0.1, 0.15) is 46.6 Å².